The first kappa shape index (κ1) is 14.9. The van der Waals surface area contributed by atoms with Crippen molar-refractivity contribution < 1.29 is 9.59 Å². The Kier molecular flexibility index (Phi) is 3.81. The van der Waals surface area contributed by atoms with Crippen molar-refractivity contribution in [3.05, 3.63) is 71.3 Å². The molecule has 0 saturated heterocycles. The zero-order valence-electron chi connectivity index (χ0n) is 13.4. The summed E-state index contributed by atoms with van der Waals surface area (Å²) in [5, 5.41) is 3.07. The average Bonchev–Trinajstić information content (AvgIpc) is 3.40. The van der Waals surface area contributed by atoms with E-state index in [1.807, 2.05) is 54.6 Å². The van der Waals surface area contributed by atoms with Gasteiger partial charge in [0.25, 0.3) is 0 Å². The summed E-state index contributed by atoms with van der Waals surface area (Å²) in [4.78, 5) is 27.3. The maximum absolute atomic E-state index is 12.9. The fourth-order valence-electron chi connectivity index (χ4n) is 3.29. The number of nitrogens with one attached hydrogen (secondary N) is 1. The number of carbonyl (C=O) groups excluding carboxylic acids is 2. The SMILES string of the molecule is O=C(NC1CC1)[C@H]1c2ccccc2CC(=O)N1Cc1ccccc1. The van der Waals surface area contributed by atoms with Gasteiger partial charge in [-0.25, -0.2) is 0 Å². The van der Waals surface area contributed by atoms with Crippen molar-refractivity contribution in [3.8, 4) is 0 Å². The first-order chi connectivity index (χ1) is 11.7. The smallest absolute Gasteiger partial charge is 0.247 e. The molecule has 1 fully saturated rings. The monoisotopic (exact) mass is 320 g/mol. The minimum atomic E-state index is -0.539. The van der Waals surface area contributed by atoms with Gasteiger partial charge in [0, 0.05) is 12.6 Å². The molecule has 122 valence electrons. The van der Waals surface area contributed by atoms with E-state index in [0.29, 0.717) is 13.0 Å². The Labute approximate surface area is 141 Å². The fraction of sp³-hybridized carbons (Fsp3) is 0.300. The van der Waals surface area contributed by atoms with Crippen LogP contribution in [0.1, 0.15) is 35.6 Å². The summed E-state index contributed by atoms with van der Waals surface area (Å²) in [6.45, 7) is 0.455. The maximum atomic E-state index is 12.9. The third-order valence-electron chi connectivity index (χ3n) is 4.69. The molecule has 0 bridgehead atoms. The first-order valence-corrected chi connectivity index (χ1v) is 8.44. The molecule has 1 N–H and O–H groups in total. The third kappa shape index (κ3) is 2.92. The molecule has 2 aromatic carbocycles. The predicted molar refractivity (Wildman–Crippen MR) is 91.0 cm³/mol. The molecule has 24 heavy (non-hydrogen) atoms. The number of amides is 2. The van der Waals surface area contributed by atoms with E-state index in [2.05, 4.69) is 5.32 Å². The summed E-state index contributed by atoms with van der Waals surface area (Å²) in [6, 6.07) is 17.4. The van der Waals surface area contributed by atoms with Crippen LogP contribution in [0.3, 0.4) is 0 Å². The highest BCUT2D eigenvalue weighted by atomic mass is 16.2. The van der Waals surface area contributed by atoms with Gasteiger partial charge in [0.05, 0.1) is 6.42 Å². The van der Waals surface area contributed by atoms with E-state index in [9.17, 15) is 9.59 Å². The van der Waals surface area contributed by atoms with E-state index in [0.717, 1.165) is 29.5 Å². The minimum absolute atomic E-state index is 0.00787. The van der Waals surface area contributed by atoms with Crippen LogP contribution in [-0.4, -0.2) is 22.8 Å². The van der Waals surface area contributed by atoms with Gasteiger partial charge in [-0.3, -0.25) is 9.59 Å². The van der Waals surface area contributed by atoms with E-state index >= 15 is 0 Å². The van der Waals surface area contributed by atoms with Gasteiger partial charge in [-0.05, 0) is 29.5 Å². The molecule has 1 saturated carbocycles. The van der Waals surface area contributed by atoms with Gasteiger partial charge >= 0.3 is 0 Å². The number of hydrogen-bond donors (Lipinski definition) is 1. The van der Waals surface area contributed by atoms with Crippen LogP contribution >= 0.6 is 0 Å². The van der Waals surface area contributed by atoms with Crippen LogP contribution in [0.4, 0.5) is 0 Å². The van der Waals surface area contributed by atoms with Gasteiger partial charge in [0.1, 0.15) is 6.04 Å². The highest BCUT2D eigenvalue weighted by Gasteiger charge is 2.38. The van der Waals surface area contributed by atoms with Gasteiger partial charge in [-0.15, -0.1) is 0 Å². The van der Waals surface area contributed by atoms with Crippen molar-refractivity contribution in [3.63, 3.8) is 0 Å². The average molecular weight is 320 g/mol. The third-order valence-corrected chi connectivity index (χ3v) is 4.69. The van der Waals surface area contributed by atoms with E-state index in [-0.39, 0.29) is 17.9 Å². The first-order valence-electron chi connectivity index (χ1n) is 8.44. The van der Waals surface area contributed by atoms with Crippen molar-refractivity contribution >= 4 is 11.8 Å². The van der Waals surface area contributed by atoms with Crippen molar-refractivity contribution in [2.45, 2.75) is 37.9 Å². The summed E-state index contributed by atoms with van der Waals surface area (Å²) in [5.74, 6) is -0.0533. The molecule has 4 nitrogen and oxygen atoms in total. The normalized spacial score (nSPS) is 19.8. The van der Waals surface area contributed by atoms with Crippen molar-refractivity contribution in [1.29, 1.82) is 0 Å². The molecule has 1 aliphatic carbocycles. The second-order valence-corrected chi connectivity index (χ2v) is 6.57. The Hall–Kier alpha value is -2.62. The zero-order valence-corrected chi connectivity index (χ0v) is 13.4. The number of hydrogen-bond acceptors (Lipinski definition) is 2. The molecule has 4 heteroatoms. The standard InChI is InChI=1S/C20H20N2O2/c23-18-12-15-8-4-5-9-17(15)19(20(24)21-16-10-11-16)22(18)13-14-6-2-1-3-7-14/h1-9,16,19H,10-13H2,(H,21,24)/t19-/m1/s1. The van der Waals surface area contributed by atoms with Gasteiger partial charge in [0.15, 0.2) is 0 Å². The van der Waals surface area contributed by atoms with Gasteiger partial charge in [-0.2, -0.15) is 0 Å². The molecular weight excluding hydrogens is 300 g/mol. The molecule has 0 radical (unpaired) electrons. The summed E-state index contributed by atoms with van der Waals surface area (Å²) >= 11 is 0. The molecule has 1 aliphatic heterocycles. The quantitative estimate of drug-likeness (QED) is 0.941. The number of nitrogens with zero attached hydrogens (tertiary/aromatic N) is 1. The van der Waals surface area contributed by atoms with E-state index in [1.54, 1.807) is 4.90 Å². The lowest BCUT2D eigenvalue weighted by molar-refractivity contribution is -0.142. The lowest BCUT2D eigenvalue weighted by atomic mass is 9.91. The summed E-state index contributed by atoms with van der Waals surface area (Å²) in [5.41, 5.74) is 2.95. The fourth-order valence-corrected chi connectivity index (χ4v) is 3.29. The highest BCUT2D eigenvalue weighted by Crippen LogP contribution is 2.33. The summed E-state index contributed by atoms with van der Waals surface area (Å²) < 4.78 is 0. The van der Waals surface area contributed by atoms with E-state index in [4.69, 9.17) is 0 Å². The Morgan fingerprint density at radius 2 is 1.75 bits per heavy atom. The lowest BCUT2D eigenvalue weighted by Gasteiger charge is -2.36. The number of fused-ring (bicyclic) bond motifs is 1. The molecule has 0 spiro atoms. The molecule has 2 aliphatic rings. The number of rotatable bonds is 4. The largest absolute Gasteiger partial charge is 0.351 e. The van der Waals surface area contributed by atoms with Gasteiger partial charge < -0.3 is 10.2 Å². The van der Waals surface area contributed by atoms with Crippen LogP contribution in [0.15, 0.2) is 54.6 Å². The molecule has 1 atom stereocenters. The predicted octanol–water partition coefficient (Wildman–Crippen LogP) is 2.59. The second-order valence-electron chi connectivity index (χ2n) is 6.57. The lowest BCUT2D eigenvalue weighted by Crippen LogP contribution is -2.47. The van der Waals surface area contributed by atoms with Crippen molar-refractivity contribution in [2.75, 3.05) is 0 Å². The maximum Gasteiger partial charge on any atom is 0.247 e. The van der Waals surface area contributed by atoms with Crippen LogP contribution in [0, 0.1) is 0 Å². The summed E-state index contributed by atoms with van der Waals surface area (Å²) in [6.07, 6.45) is 2.43. The van der Waals surface area contributed by atoms with Gasteiger partial charge in [-0.1, -0.05) is 54.6 Å². The zero-order chi connectivity index (χ0) is 16.5. The Morgan fingerprint density at radius 1 is 1.04 bits per heavy atom. The number of carbonyl (C=O) groups is 2. The molecule has 4 rings (SSSR count). The Morgan fingerprint density at radius 3 is 2.50 bits per heavy atom. The Bertz CT molecular complexity index is 768. The molecule has 2 amide bonds. The van der Waals surface area contributed by atoms with Crippen molar-refractivity contribution in [2.24, 2.45) is 0 Å². The minimum Gasteiger partial charge on any atom is -0.351 e. The van der Waals surface area contributed by atoms with Crippen LogP contribution in [0.2, 0.25) is 0 Å². The highest BCUT2D eigenvalue weighted by molar-refractivity contribution is 5.92. The van der Waals surface area contributed by atoms with Gasteiger partial charge in [0.2, 0.25) is 11.8 Å². The molecule has 2 aromatic rings. The van der Waals surface area contributed by atoms with Crippen LogP contribution < -0.4 is 5.32 Å². The van der Waals surface area contributed by atoms with E-state index in [1.165, 1.54) is 0 Å². The second kappa shape index (κ2) is 6.11. The summed E-state index contributed by atoms with van der Waals surface area (Å²) in [7, 11) is 0. The molecule has 1 heterocycles. The molecule has 0 unspecified atom stereocenters. The van der Waals surface area contributed by atoms with Crippen molar-refractivity contribution in [1.82, 2.24) is 10.2 Å². The number of benzene rings is 2. The topological polar surface area (TPSA) is 49.4 Å². The molecular formula is C20H20N2O2. The van der Waals surface area contributed by atoms with E-state index < -0.39 is 6.04 Å². The molecule has 0 aromatic heterocycles. The van der Waals surface area contributed by atoms with Crippen LogP contribution in [0.5, 0.6) is 0 Å². The van der Waals surface area contributed by atoms with Crippen LogP contribution in [0.25, 0.3) is 0 Å². The van der Waals surface area contributed by atoms with Crippen LogP contribution in [-0.2, 0) is 22.6 Å². The Balaban J connectivity index is 1.69.